The first-order valence-corrected chi connectivity index (χ1v) is 12.7. The average Bonchev–Trinajstić information content (AvgIpc) is 2.80. The summed E-state index contributed by atoms with van der Waals surface area (Å²) < 4.78 is 34.2. The molecule has 0 radical (unpaired) electrons. The van der Waals surface area contributed by atoms with Crippen LogP contribution in [0.1, 0.15) is 24.1 Å². The van der Waals surface area contributed by atoms with Gasteiger partial charge in [0.2, 0.25) is 15.9 Å². The van der Waals surface area contributed by atoms with Crippen molar-refractivity contribution in [1.29, 1.82) is 0 Å². The first-order chi connectivity index (χ1) is 15.7. The summed E-state index contributed by atoms with van der Waals surface area (Å²) in [6.45, 7) is 1.51. The predicted octanol–water partition coefficient (Wildman–Crippen LogP) is 5.18. The van der Waals surface area contributed by atoms with E-state index in [1.54, 1.807) is 7.11 Å². The van der Waals surface area contributed by atoms with Gasteiger partial charge in [-0.15, -0.1) is 0 Å². The maximum absolute atomic E-state index is 13.4. The molecule has 33 heavy (non-hydrogen) atoms. The summed E-state index contributed by atoms with van der Waals surface area (Å²) in [6, 6.07) is 20.1. The molecular weight excluding hydrogens is 528 g/mol. The van der Waals surface area contributed by atoms with Gasteiger partial charge in [-0.1, -0.05) is 57.9 Å². The highest BCUT2D eigenvalue weighted by Gasteiger charge is 2.27. The first-order valence-electron chi connectivity index (χ1n) is 10.1. The smallest absolute Gasteiger partial charge is 0.243 e. The van der Waals surface area contributed by atoms with Crippen molar-refractivity contribution >= 4 is 43.5 Å². The van der Waals surface area contributed by atoms with Crippen LogP contribution in [0.5, 0.6) is 5.75 Å². The Balaban J connectivity index is 1.84. The highest BCUT2D eigenvalue weighted by atomic mass is 79.9. The van der Waals surface area contributed by atoms with Gasteiger partial charge < -0.3 is 10.1 Å². The fourth-order valence-electron chi connectivity index (χ4n) is 3.32. The molecule has 3 rings (SSSR count). The van der Waals surface area contributed by atoms with E-state index in [2.05, 4.69) is 21.2 Å². The van der Waals surface area contributed by atoms with Crippen LogP contribution in [0.25, 0.3) is 0 Å². The van der Waals surface area contributed by atoms with Gasteiger partial charge >= 0.3 is 0 Å². The van der Waals surface area contributed by atoms with Gasteiger partial charge in [0, 0.05) is 21.6 Å². The molecule has 0 saturated heterocycles. The van der Waals surface area contributed by atoms with Gasteiger partial charge in [-0.25, -0.2) is 8.42 Å². The standard InChI is InChI=1S/C24H24BrClN2O4S/c1-17(22-5-3-4-6-23(22)32-2)27-24(29)16-28(15-18-7-9-19(25)10-8-18)33(30,31)21-13-11-20(26)12-14-21/h3-14,17H,15-16H2,1-2H3,(H,27,29). The van der Waals surface area contributed by atoms with Crippen molar-refractivity contribution in [1.82, 2.24) is 9.62 Å². The molecule has 0 bridgehead atoms. The van der Waals surface area contributed by atoms with E-state index in [0.29, 0.717) is 10.8 Å². The van der Waals surface area contributed by atoms with Crippen LogP contribution >= 0.6 is 27.5 Å². The van der Waals surface area contributed by atoms with Gasteiger partial charge in [0.15, 0.2) is 0 Å². The number of rotatable bonds is 9. The number of methoxy groups -OCH3 is 1. The van der Waals surface area contributed by atoms with Gasteiger partial charge in [-0.3, -0.25) is 4.79 Å². The SMILES string of the molecule is COc1ccccc1C(C)NC(=O)CN(Cc1ccc(Br)cc1)S(=O)(=O)c1ccc(Cl)cc1. The molecule has 1 amide bonds. The largest absolute Gasteiger partial charge is 0.496 e. The van der Waals surface area contributed by atoms with Crippen LogP contribution in [0, 0.1) is 0 Å². The van der Waals surface area contributed by atoms with Crippen molar-refractivity contribution < 1.29 is 17.9 Å². The third-order valence-corrected chi connectivity index (χ3v) is 7.61. The lowest BCUT2D eigenvalue weighted by Gasteiger charge is -2.24. The van der Waals surface area contributed by atoms with Gasteiger partial charge in [0.1, 0.15) is 5.75 Å². The number of amides is 1. The lowest BCUT2D eigenvalue weighted by Crippen LogP contribution is -2.41. The molecular formula is C24H24BrClN2O4S. The Morgan fingerprint density at radius 1 is 1.06 bits per heavy atom. The molecule has 1 unspecified atom stereocenters. The number of sulfonamides is 1. The molecule has 9 heteroatoms. The number of nitrogens with zero attached hydrogens (tertiary/aromatic N) is 1. The predicted molar refractivity (Wildman–Crippen MR) is 133 cm³/mol. The first kappa shape index (κ1) is 25.2. The van der Waals surface area contributed by atoms with Gasteiger partial charge in [0.05, 0.1) is 24.6 Å². The Kier molecular flexibility index (Phi) is 8.53. The molecule has 3 aromatic rings. The van der Waals surface area contributed by atoms with E-state index >= 15 is 0 Å². The van der Waals surface area contributed by atoms with E-state index in [1.807, 2.05) is 55.5 Å². The minimum absolute atomic E-state index is 0.0364. The van der Waals surface area contributed by atoms with E-state index in [0.717, 1.165) is 19.9 Å². The molecule has 0 aliphatic carbocycles. The number of carbonyl (C=O) groups excluding carboxylic acids is 1. The normalized spacial score (nSPS) is 12.4. The van der Waals surface area contributed by atoms with E-state index in [-0.39, 0.29) is 24.0 Å². The lowest BCUT2D eigenvalue weighted by molar-refractivity contribution is -0.122. The summed E-state index contributed by atoms with van der Waals surface area (Å²) in [5.74, 6) is 0.217. The molecule has 3 aromatic carbocycles. The van der Waals surface area contributed by atoms with Crippen molar-refractivity contribution in [3.05, 3.63) is 93.4 Å². The average molecular weight is 552 g/mol. The van der Waals surface area contributed by atoms with Crippen molar-refractivity contribution in [3.8, 4) is 5.75 Å². The maximum atomic E-state index is 13.4. The number of carbonyl (C=O) groups is 1. The summed E-state index contributed by atoms with van der Waals surface area (Å²) in [5.41, 5.74) is 1.55. The zero-order valence-electron chi connectivity index (χ0n) is 18.2. The molecule has 0 aliphatic heterocycles. The number of hydrogen-bond acceptors (Lipinski definition) is 4. The summed E-state index contributed by atoms with van der Waals surface area (Å²) in [4.78, 5) is 13.0. The van der Waals surface area contributed by atoms with Gasteiger partial charge in [-0.05, 0) is 55.0 Å². The highest BCUT2D eigenvalue weighted by molar-refractivity contribution is 9.10. The van der Waals surface area contributed by atoms with Crippen LogP contribution in [0.4, 0.5) is 0 Å². The highest BCUT2D eigenvalue weighted by Crippen LogP contribution is 2.25. The summed E-state index contributed by atoms with van der Waals surface area (Å²) in [6.07, 6.45) is 0. The van der Waals surface area contributed by atoms with Crippen molar-refractivity contribution in [3.63, 3.8) is 0 Å². The van der Waals surface area contributed by atoms with Crippen LogP contribution in [0.2, 0.25) is 5.02 Å². The van der Waals surface area contributed by atoms with Crippen LogP contribution in [-0.2, 0) is 21.4 Å². The van der Waals surface area contributed by atoms with Crippen LogP contribution < -0.4 is 10.1 Å². The molecule has 0 spiro atoms. The number of hydrogen-bond donors (Lipinski definition) is 1. The maximum Gasteiger partial charge on any atom is 0.243 e. The second-order valence-corrected chi connectivity index (χ2v) is 10.7. The Morgan fingerprint density at radius 3 is 2.33 bits per heavy atom. The number of ether oxygens (including phenoxy) is 1. The Bertz CT molecular complexity index is 1200. The quantitative estimate of drug-likeness (QED) is 0.398. The van der Waals surface area contributed by atoms with E-state index in [4.69, 9.17) is 16.3 Å². The van der Waals surface area contributed by atoms with Gasteiger partial charge in [0.25, 0.3) is 0 Å². The lowest BCUT2D eigenvalue weighted by atomic mass is 10.1. The Morgan fingerprint density at radius 2 is 1.70 bits per heavy atom. The monoisotopic (exact) mass is 550 g/mol. The van der Waals surface area contributed by atoms with Crippen molar-refractivity contribution in [2.45, 2.75) is 24.4 Å². The minimum Gasteiger partial charge on any atom is -0.496 e. The number of benzene rings is 3. The second kappa shape index (κ2) is 11.2. The van der Waals surface area contributed by atoms with Gasteiger partial charge in [-0.2, -0.15) is 4.31 Å². The molecule has 0 heterocycles. The second-order valence-electron chi connectivity index (χ2n) is 7.38. The molecule has 0 aromatic heterocycles. The van der Waals surface area contributed by atoms with E-state index in [1.165, 1.54) is 24.3 Å². The van der Waals surface area contributed by atoms with Crippen molar-refractivity contribution in [2.75, 3.05) is 13.7 Å². The molecule has 0 saturated carbocycles. The third-order valence-electron chi connectivity index (χ3n) is 5.03. The summed E-state index contributed by atoms with van der Waals surface area (Å²) >= 11 is 9.30. The number of nitrogens with one attached hydrogen (secondary N) is 1. The number of halogens is 2. The topological polar surface area (TPSA) is 75.7 Å². The van der Waals surface area contributed by atoms with Crippen LogP contribution in [0.15, 0.2) is 82.2 Å². The Labute approximate surface area is 207 Å². The fraction of sp³-hybridized carbons (Fsp3) is 0.208. The molecule has 6 nitrogen and oxygen atoms in total. The molecule has 0 fully saturated rings. The molecule has 1 N–H and O–H groups in total. The van der Waals surface area contributed by atoms with Crippen LogP contribution in [0.3, 0.4) is 0 Å². The summed E-state index contributed by atoms with van der Waals surface area (Å²) in [5, 5.41) is 3.30. The zero-order chi connectivity index (χ0) is 24.0. The third kappa shape index (κ3) is 6.57. The van der Waals surface area contributed by atoms with E-state index in [9.17, 15) is 13.2 Å². The van der Waals surface area contributed by atoms with E-state index < -0.39 is 15.9 Å². The molecule has 1 atom stereocenters. The fourth-order valence-corrected chi connectivity index (χ4v) is 5.10. The number of para-hydroxylation sites is 1. The Hall–Kier alpha value is -2.39. The minimum atomic E-state index is -3.96. The van der Waals surface area contributed by atoms with Crippen molar-refractivity contribution in [2.24, 2.45) is 0 Å². The van der Waals surface area contributed by atoms with Crippen LogP contribution in [-0.4, -0.2) is 32.3 Å². The summed E-state index contributed by atoms with van der Waals surface area (Å²) in [7, 11) is -2.40. The molecule has 0 aliphatic rings. The molecule has 174 valence electrons. The zero-order valence-corrected chi connectivity index (χ0v) is 21.3.